The number of rotatable bonds is 4. The number of benzene rings is 1. The monoisotopic (exact) mass is 326 g/mol. The largest absolute Gasteiger partial charge is 0.471 e. The summed E-state index contributed by atoms with van der Waals surface area (Å²) in [5, 5.41) is 8.01. The first-order valence-electron chi connectivity index (χ1n) is 8.06. The van der Waals surface area contributed by atoms with Crippen LogP contribution in [0.25, 0.3) is 0 Å². The second-order valence-corrected chi connectivity index (χ2v) is 6.24. The molecule has 2 aromatic rings. The van der Waals surface area contributed by atoms with Gasteiger partial charge in [-0.2, -0.15) is 5.10 Å². The van der Waals surface area contributed by atoms with Crippen LogP contribution in [0.15, 0.2) is 36.4 Å². The average molecular weight is 326 g/mol. The quantitative estimate of drug-likeness (QED) is 0.861. The molecule has 1 aromatic carbocycles. The van der Waals surface area contributed by atoms with E-state index < -0.39 is 0 Å². The highest BCUT2D eigenvalue weighted by Crippen LogP contribution is 2.20. The molecular formula is C18H22N4O2. The summed E-state index contributed by atoms with van der Waals surface area (Å²) in [5.41, 5.74) is 2.58. The van der Waals surface area contributed by atoms with Gasteiger partial charge in [0.05, 0.1) is 12.2 Å². The van der Waals surface area contributed by atoms with Crippen LogP contribution in [0.3, 0.4) is 0 Å². The third-order valence-corrected chi connectivity index (χ3v) is 4.10. The van der Waals surface area contributed by atoms with Crippen molar-refractivity contribution < 1.29 is 9.53 Å². The van der Waals surface area contributed by atoms with E-state index in [1.165, 1.54) is 0 Å². The molecule has 1 saturated heterocycles. The van der Waals surface area contributed by atoms with Crippen LogP contribution in [0.1, 0.15) is 22.5 Å². The molecule has 6 nitrogen and oxygen atoms in total. The van der Waals surface area contributed by atoms with Crippen LogP contribution in [-0.2, 0) is 0 Å². The molecule has 0 saturated carbocycles. The summed E-state index contributed by atoms with van der Waals surface area (Å²) in [6.07, 6.45) is 0.761. The van der Waals surface area contributed by atoms with Crippen molar-refractivity contribution in [3.8, 4) is 5.88 Å². The standard InChI is InChI=1S/C18H22N4O2/c1-13-7-8-17(20-19-13)24-16-9-10-22(12-16)18(23)14-5-4-6-15(11-14)21(2)3/h4-8,11,16H,9-10,12H2,1-3H3. The predicted octanol–water partition coefficient (Wildman–Crippen LogP) is 2.14. The van der Waals surface area contributed by atoms with E-state index in [2.05, 4.69) is 10.2 Å². The maximum atomic E-state index is 12.7. The van der Waals surface area contributed by atoms with Crippen LogP contribution in [0.4, 0.5) is 5.69 Å². The lowest BCUT2D eigenvalue weighted by molar-refractivity contribution is 0.0771. The predicted molar refractivity (Wildman–Crippen MR) is 92.5 cm³/mol. The van der Waals surface area contributed by atoms with Gasteiger partial charge in [0.1, 0.15) is 6.10 Å². The van der Waals surface area contributed by atoms with Crippen molar-refractivity contribution in [2.24, 2.45) is 0 Å². The fourth-order valence-corrected chi connectivity index (χ4v) is 2.73. The third kappa shape index (κ3) is 3.64. The number of likely N-dealkylation sites (tertiary alicyclic amines) is 1. The number of amides is 1. The second-order valence-electron chi connectivity index (χ2n) is 6.24. The fourth-order valence-electron chi connectivity index (χ4n) is 2.73. The van der Waals surface area contributed by atoms with Gasteiger partial charge in [-0.1, -0.05) is 6.07 Å². The van der Waals surface area contributed by atoms with Crippen LogP contribution in [-0.4, -0.2) is 54.3 Å². The zero-order chi connectivity index (χ0) is 17.1. The third-order valence-electron chi connectivity index (χ3n) is 4.10. The number of nitrogens with zero attached hydrogens (tertiary/aromatic N) is 4. The molecule has 0 N–H and O–H groups in total. The molecule has 3 rings (SSSR count). The van der Waals surface area contributed by atoms with E-state index in [9.17, 15) is 4.79 Å². The van der Waals surface area contributed by atoms with Crippen molar-refractivity contribution in [1.82, 2.24) is 15.1 Å². The molecule has 1 aliphatic heterocycles. The Bertz CT molecular complexity index is 715. The van der Waals surface area contributed by atoms with Gasteiger partial charge < -0.3 is 14.5 Å². The van der Waals surface area contributed by atoms with Crippen molar-refractivity contribution in [2.75, 3.05) is 32.1 Å². The molecule has 0 spiro atoms. The van der Waals surface area contributed by atoms with Crippen LogP contribution in [0.2, 0.25) is 0 Å². The van der Waals surface area contributed by atoms with E-state index >= 15 is 0 Å². The van der Waals surface area contributed by atoms with E-state index in [1.54, 1.807) is 0 Å². The van der Waals surface area contributed by atoms with Gasteiger partial charge in [0.15, 0.2) is 0 Å². The van der Waals surface area contributed by atoms with Gasteiger partial charge in [-0.3, -0.25) is 4.79 Å². The molecule has 24 heavy (non-hydrogen) atoms. The number of carbonyl (C=O) groups excluding carboxylic acids is 1. The lowest BCUT2D eigenvalue weighted by Gasteiger charge is -2.18. The van der Waals surface area contributed by atoms with Gasteiger partial charge in [-0.25, -0.2) is 0 Å². The molecule has 0 bridgehead atoms. The second kappa shape index (κ2) is 6.86. The van der Waals surface area contributed by atoms with Gasteiger partial charge in [-0.15, -0.1) is 5.10 Å². The Labute approximate surface area is 142 Å². The number of ether oxygens (including phenoxy) is 1. The lowest BCUT2D eigenvalue weighted by atomic mass is 10.1. The molecule has 2 heterocycles. The smallest absolute Gasteiger partial charge is 0.254 e. The van der Waals surface area contributed by atoms with Crippen LogP contribution in [0, 0.1) is 6.92 Å². The summed E-state index contributed by atoms with van der Waals surface area (Å²) in [7, 11) is 3.93. The number of hydrogen-bond acceptors (Lipinski definition) is 5. The lowest BCUT2D eigenvalue weighted by Crippen LogP contribution is -2.31. The molecule has 126 valence electrons. The first kappa shape index (κ1) is 16.2. The molecule has 1 amide bonds. The summed E-state index contributed by atoms with van der Waals surface area (Å²) in [6.45, 7) is 3.14. The Morgan fingerprint density at radius 2 is 2.08 bits per heavy atom. The molecule has 0 radical (unpaired) electrons. The van der Waals surface area contributed by atoms with Crippen molar-refractivity contribution in [3.05, 3.63) is 47.7 Å². The van der Waals surface area contributed by atoms with Gasteiger partial charge in [-0.05, 0) is 31.2 Å². The van der Waals surface area contributed by atoms with E-state index in [0.717, 1.165) is 17.8 Å². The van der Waals surface area contributed by atoms with Crippen LogP contribution >= 0.6 is 0 Å². The number of aryl methyl sites for hydroxylation is 1. The molecule has 0 aliphatic carbocycles. The first-order valence-corrected chi connectivity index (χ1v) is 8.06. The Morgan fingerprint density at radius 1 is 1.25 bits per heavy atom. The van der Waals surface area contributed by atoms with Crippen molar-refractivity contribution in [2.45, 2.75) is 19.4 Å². The number of hydrogen-bond donors (Lipinski definition) is 0. The van der Waals surface area contributed by atoms with Crippen molar-refractivity contribution in [1.29, 1.82) is 0 Å². The fraction of sp³-hybridized carbons (Fsp3) is 0.389. The Morgan fingerprint density at radius 3 is 2.79 bits per heavy atom. The molecule has 1 aromatic heterocycles. The summed E-state index contributed by atoms with van der Waals surface area (Å²) in [5.74, 6) is 0.550. The Balaban J connectivity index is 1.63. The van der Waals surface area contributed by atoms with E-state index in [1.807, 2.05) is 67.2 Å². The highest BCUT2D eigenvalue weighted by molar-refractivity contribution is 5.95. The molecule has 1 atom stereocenters. The topological polar surface area (TPSA) is 58.6 Å². The highest BCUT2D eigenvalue weighted by Gasteiger charge is 2.28. The summed E-state index contributed by atoms with van der Waals surface area (Å²) < 4.78 is 5.83. The van der Waals surface area contributed by atoms with Crippen molar-refractivity contribution >= 4 is 11.6 Å². The summed E-state index contributed by atoms with van der Waals surface area (Å²) >= 11 is 0. The number of anilines is 1. The zero-order valence-electron chi connectivity index (χ0n) is 14.3. The van der Waals surface area contributed by atoms with Crippen LogP contribution < -0.4 is 9.64 Å². The van der Waals surface area contributed by atoms with Crippen LogP contribution in [0.5, 0.6) is 5.88 Å². The van der Waals surface area contributed by atoms with E-state index in [-0.39, 0.29) is 12.0 Å². The first-order chi connectivity index (χ1) is 11.5. The van der Waals surface area contributed by atoms with Crippen molar-refractivity contribution in [3.63, 3.8) is 0 Å². The average Bonchev–Trinajstić information content (AvgIpc) is 3.05. The van der Waals surface area contributed by atoms with E-state index in [0.29, 0.717) is 24.5 Å². The SMILES string of the molecule is Cc1ccc(OC2CCN(C(=O)c3cccc(N(C)C)c3)C2)nn1. The number of aromatic nitrogens is 2. The maximum absolute atomic E-state index is 12.7. The minimum atomic E-state index is -0.0389. The molecule has 1 unspecified atom stereocenters. The summed E-state index contributed by atoms with van der Waals surface area (Å²) in [6, 6.07) is 11.4. The maximum Gasteiger partial charge on any atom is 0.254 e. The van der Waals surface area contributed by atoms with Gasteiger partial charge >= 0.3 is 0 Å². The highest BCUT2D eigenvalue weighted by atomic mass is 16.5. The van der Waals surface area contributed by atoms with Gasteiger partial charge in [0, 0.05) is 44.4 Å². The Kier molecular flexibility index (Phi) is 4.64. The molecular weight excluding hydrogens is 304 g/mol. The molecule has 6 heteroatoms. The molecule has 1 fully saturated rings. The minimum absolute atomic E-state index is 0.0389. The molecule has 1 aliphatic rings. The van der Waals surface area contributed by atoms with Gasteiger partial charge in [0.2, 0.25) is 5.88 Å². The normalized spacial score (nSPS) is 17.0. The minimum Gasteiger partial charge on any atom is -0.471 e. The van der Waals surface area contributed by atoms with Gasteiger partial charge in [0.25, 0.3) is 5.91 Å². The summed E-state index contributed by atoms with van der Waals surface area (Å²) in [4.78, 5) is 16.5. The van der Waals surface area contributed by atoms with E-state index in [4.69, 9.17) is 4.74 Å². The Hall–Kier alpha value is -2.63. The number of carbonyl (C=O) groups is 1. The zero-order valence-corrected chi connectivity index (χ0v) is 14.3.